The van der Waals surface area contributed by atoms with Gasteiger partial charge in [0.05, 0.1) is 5.56 Å². The van der Waals surface area contributed by atoms with Gasteiger partial charge in [0.1, 0.15) is 0 Å². The molecule has 4 heteroatoms. The molecule has 0 saturated carbocycles. The van der Waals surface area contributed by atoms with Crippen molar-refractivity contribution >= 4 is 11.8 Å². The first-order chi connectivity index (χ1) is 9.36. The zero-order valence-electron chi connectivity index (χ0n) is 11.5. The average molecular weight is 296 g/mol. The lowest BCUT2D eigenvalue weighted by Crippen LogP contribution is -2.07. The van der Waals surface area contributed by atoms with Crippen molar-refractivity contribution in [3.63, 3.8) is 0 Å². The van der Waals surface area contributed by atoms with E-state index in [0.29, 0.717) is 5.56 Å². The number of benzene rings is 2. The van der Waals surface area contributed by atoms with Gasteiger partial charge >= 0.3 is 6.18 Å². The Labute approximate surface area is 121 Å². The van der Waals surface area contributed by atoms with Crippen molar-refractivity contribution in [1.82, 2.24) is 0 Å². The van der Waals surface area contributed by atoms with Crippen molar-refractivity contribution < 1.29 is 13.2 Å². The minimum absolute atomic E-state index is 0.286. The highest BCUT2D eigenvalue weighted by atomic mass is 32.2. The first-order valence-corrected chi connectivity index (χ1v) is 7.39. The predicted molar refractivity (Wildman–Crippen MR) is 78.1 cm³/mol. The summed E-state index contributed by atoms with van der Waals surface area (Å²) in [7, 11) is 0. The lowest BCUT2D eigenvalue weighted by Gasteiger charge is -2.17. The molecule has 2 rings (SSSR count). The monoisotopic (exact) mass is 296 g/mol. The van der Waals surface area contributed by atoms with E-state index in [9.17, 15) is 13.2 Å². The molecule has 20 heavy (non-hydrogen) atoms. The molecule has 0 aromatic heterocycles. The molecule has 0 radical (unpaired) electrons. The molecule has 0 heterocycles. The second kappa shape index (κ2) is 5.52. The molecule has 2 aromatic carbocycles. The Morgan fingerprint density at radius 2 is 1.50 bits per heavy atom. The topological polar surface area (TPSA) is 0 Å². The number of thioether (sulfide) groups is 1. The molecular formula is C16H15F3S. The van der Waals surface area contributed by atoms with Crippen molar-refractivity contribution in [3.8, 4) is 11.1 Å². The second-order valence-corrected chi connectivity index (χ2v) is 5.45. The molecule has 0 saturated heterocycles. The molecule has 106 valence electrons. The smallest absolute Gasteiger partial charge is 0.166 e. The Bertz CT molecular complexity index is 630. The van der Waals surface area contributed by atoms with E-state index in [1.807, 2.05) is 32.0 Å². The SMILES string of the molecule is CSc1c(-c2cccc(C)c2C)cccc1C(F)(F)F. The molecule has 0 unspecified atom stereocenters. The number of alkyl halides is 3. The van der Waals surface area contributed by atoms with Crippen molar-refractivity contribution in [2.24, 2.45) is 0 Å². The Morgan fingerprint density at radius 1 is 0.900 bits per heavy atom. The molecule has 2 aromatic rings. The van der Waals surface area contributed by atoms with Crippen molar-refractivity contribution in [3.05, 3.63) is 53.1 Å². The van der Waals surface area contributed by atoms with Crippen LogP contribution in [-0.2, 0) is 6.18 Å². The molecule has 0 atom stereocenters. The van der Waals surface area contributed by atoms with Crippen LogP contribution in [0.1, 0.15) is 16.7 Å². The zero-order chi connectivity index (χ0) is 14.9. The summed E-state index contributed by atoms with van der Waals surface area (Å²) >= 11 is 1.14. The summed E-state index contributed by atoms with van der Waals surface area (Å²) in [5, 5.41) is 0. The van der Waals surface area contributed by atoms with E-state index in [4.69, 9.17) is 0 Å². The van der Waals surface area contributed by atoms with Crippen LogP contribution in [0.15, 0.2) is 41.3 Å². The molecule has 0 aliphatic rings. The lowest BCUT2D eigenvalue weighted by atomic mass is 9.95. The van der Waals surface area contributed by atoms with Gasteiger partial charge in [-0.1, -0.05) is 30.3 Å². The Balaban J connectivity index is 2.72. The first kappa shape index (κ1) is 15.0. The minimum atomic E-state index is -4.33. The number of aryl methyl sites for hydroxylation is 1. The number of hydrogen-bond donors (Lipinski definition) is 0. The van der Waals surface area contributed by atoms with Gasteiger partial charge in [-0.25, -0.2) is 0 Å². The summed E-state index contributed by atoms with van der Waals surface area (Å²) in [4.78, 5) is 0.286. The predicted octanol–water partition coefficient (Wildman–Crippen LogP) is 5.71. The van der Waals surface area contributed by atoms with Crippen LogP contribution in [0.2, 0.25) is 0 Å². The highest BCUT2D eigenvalue weighted by molar-refractivity contribution is 7.98. The van der Waals surface area contributed by atoms with Gasteiger partial charge in [-0.15, -0.1) is 11.8 Å². The van der Waals surface area contributed by atoms with Crippen LogP contribution in [-0.4, -0.2) is 6.26 Å². The molecule has 0 bridgehead atoms. The van der Waals surface area contributed by atoms with Crippen LogP contribution in [0.25, 0.3) is 11.1 Å². The fourth-order valence-electron chi connectivity index (χ4n) is 2.24. The van der Waals surface area contributed by atoms with Gasteiger partial charge < -0.3 is 0 Å². The highest BCUT2D eigenvalue weighted by Gasteiger charge is 2.34. The van der Waals surface area contributed by atoms with Crippen LogP contribution in [0.5, 0.6) is 0 Å². The van der Waals surface area contributed by atoms with Crippen molar-refractivity contribution in [2.45, 2.75) is 24.9 Å². The van der Waals surface area contributed by atoms with Crippen molar-refractivity contribution in [2.75, 3.05) is 6.26 Å². The lowest BCUT2D eigenvalue weighted by molar-refractivity contribution is -0.139. The van der Waals surface area contributed by atoms with Crippen LogP contribution in [0, 0.1) is 13.8 Å². The standard InChI is InChI=1S/C16H15F3S/c1-10-6-4-7-12(11(10)2)13-8-5-9-14(15(13)20-3)16(17,18)19/h4-9H,1-3H3. The average Bonchev–Trinajstić information content (AvgIpc) is 2.40. The van der Waals surface area contributed by atoms with Gasteiger partial charge in [0, 0.05) is 4.90 Å². The largest absolute Gasteiger partial charge is 0.417 e. The maximum absolute atomic E-state index is 13.1. The summed E-state index contributed by atoms with van der Waals surface area (Å²) in [6, 6.07) is 10.1. The molecular weight excluding hydrogens is 281 g/mol. The second-order valence-electron chi connectivity index (χ2n) is 4.63. The van der Waals surface area contributed by atoms with Gasteiger partial charge in [-0.2, -0.15) is 13.2 Å². The fraction of sp³-hybridized carbons (Fsp3) is 0.250. The van der Waals surface area contributed by atoms with E-state index in [-0.39, 0.29) is 4.90 Å². The summed E-state index contributed by atoms with van der Waals surface area (Å²) in [6.45, 7) is 3.90. The van der Waals surface area contributed by atoms with Crippen LogP contribution in [0.3, 0.4) is 0 Å². The highest BCUT2D eigenvalue weighted by Crippen LogP contribution is 2.42. The number of hydrogen-bond acceptors (Lipinski definition) is 1. The number of halogens is 3. The van der Waals surface area contributed by atoms with E-state index in [1.165, 1.54) is 6.07 Å². The normalized spacial score (nSPS) is 11.7. The molecule has 0 amide bonds. The van der Waals surface area contributed by atoms with E-state index in [2.05, 4.69) is 0 Å². The first-order valence-electron chi connectivity index (χ1n) is 6.17. The fourth-order valence-corrected chi connectivity index (χ4v) is 3.04. The third-order valence-electron chi connectivity index (χ3n) is 3.42. The maximum atomic E-state index is 13.1. The molecule has 0 aliphatic carbocycles. The molecule has 0 N–H and O–H groups in total. The van der Waals surface area contributed by atoms with Gasteiger partial charge in [-0.3, -0.25) is 0 Å². The maximum Gasteiger partial charge on any atom is 0.417 e. The Hall–Kier alpha value is -1.42. The Morgan fingerprint density at radius 3 is 2.10 bits per heavy atom. The van der Waals surface area contributed by atoms with Crippen LogP contribution < -0.4 is 0 Å². The van der Waals surface area contributed by atoms with Crippen LogP contribution >= 0.6 is 11.8 Å². The Kier molecular flexibility index (Phi) is 4.14. The molecule has 0 nitrogen and oxygen atoms in total. The third-order valence-corrected chi connectivity index (χ3v) is 4.27. The summed E-state index contributed by atoms with van der Waals surface area (Å²) in [5.74, 6) is 0. The third kappa shape index (κ3) is 2.70. The quantitative estimate of drug-likeness (QED) is 0.639. The molecule has 0 aliphatic heterocycles. The van der Waals surface area contributed by atoms with E-state index < -0.39 is 11.7 Å². The van der Waals surface area contributed by atoms with Gasteiger partial charge in [0.15, 0.2) is 0 Å². The van der Waals surface area contributed by atoms with E-state index >= 15 is 0 Å². The van der Waals surface area contributed by atoms with Gasteiger partial charge in [0.25, 0.3) is 0 Å². The molecule has 0 spiro atoms. The number of rotatable bonds is 2. The van der Waals surface area contributed by atoms with E-state index in [0.717, 1.165) is 34.5 Å². The van der Waals surface area contributed by atoms with Gasteiger partial charge in [-0.05, 0) is 48.4 Å². The summed E-state index contributed by atoms with van der Waals surface area (Å²) in [6.07, 6.45) is -2.65. The molecule has 0 fully saturated rings. The van der Waals surface area contributed by atoms with E-state index in [1.54, 1.807) is 12.3 Å². The van der Waals surface area contributed by atoms with Gasteiger partial charge in [0.2, 0.25) is 0 Å². The zero-order valence-corrected chi connectivity index (χ0v) is 12.3. The summed E-state index contributed by atoms with van der Waals surface area (Å²) in [5.41, 5.74) is 3.03. The summed E-state index contributed by atoms with van der Waals surface area (Å²) < 4.78 is 39.3. The minimum Gasteiger partial charge on any atom is -0.166 e. The van der Waals surface area contributed by atoms with Crippen molar-refractivity contribution in [1.29, 1.82) is 0 Å². The van der Waals surface area contributed by atoms with Crippen LogP contribution in [0.4, 0.5) is 13.2 Å².